The van der Waals surface area contributed by atoms with Crippen molar-refractivity contribution in [2.75, 3.05) is 70.6 Å². The molecule has 0 fully saturated rings. The van der Waals surface area contributed by atoms with Gasteiger partial charge in [-0.15, -0.1) is 0 Å². The molecule has 0 spiro atoms. The zero-order valence-corrected chi connectivity index (χ0v) is 39.6. The fourth-order valence-corrected chi connectivity index (χ4v) is 8.84. The van der Waals surface area contributed by atoms with Crippen LogP contribution in [-0.2, 0) is 19.1 Å². The van der Waals surface area contributed by atoms with Crippen LogP contribution in [0.2, 0.25) is 0 Å². The van der Waals surface area contributed by atoms with Crippen molar-refractivity contribution in [2.45, 2.75) is 221 Å². The maximum atomic E-state index is 12.8. The number of hydrogen-bond donors (Lipinski definition) is 1. The Balaban J connectivity index is 4.65. The second-order valence-electron chi connectivity index (χ2n) is 17.1. The SMILES string of the molecule is CCCCCCCCC(CCCCCC)COC(=O)CCCCCN(CCC(=O)OCCSCC(CCCCCC)CCCCCCCC)CCN(CC)CCO. The molecule has 0 aromatic carbocycles. The maximum absolute atomic E-state index is 12.8. The highest BCUT2D eigenvalue weighted by molar-refractivity contribution is 7.99. The molecule has 0 radical (unpaired) electrons. The van der Waals surface area contributed by atoms with Gasteiger partial charge in [0.25, 0.3) is 0 Å². The number of carbonyl (C=O) groups is 2. The maximum Gasteiger partial charge on any atom is 0.307 e. The summed E-state index contributed by atoms with van der Waals surface area (Å²) in [6.07, 6.45) is 35.2. The second kappa shape index (κ2) is 44.7. The Morgan fingerprint density at radius 3 is 1.51 bits per heavy atom. The molecule has 0 saturated carbocycles. The predicted molar refractivity (Wildman–Crippen MR) is 248 cm³/mol. The molecule has 0 aliphatic heterocycles. The number of ether oxygens (including phenoxy) is 2. The second-order valence-corrected chi connectivity index (χ2v) is 18.2. The van der Waals surface area contributed by atoms with E-state index in [1.165, 1.54) is 160 Å². The average molecular weight is 827 g/mol. The largest absolute Gasteiger partial charge is 0.465 e. The van der Waals surface area contributed by atoms with Crippen molar-refractivity contribution in [3.8, 4) is 0 Å². The van der Waals surface area contributed by atoms with Crippen molar-refractivity contribution in [1.82, 2.24) is 9.80 Å². The minimum absolute atomic E-state index is 0.0443. The summed E-state index contributed by atoms with van der Waals surface area (Å²) in [5.74, 6) is 3.21. The predicted octanol–water partition coefficient (Wildman–Crippen LogP) is 13.0. The minimum Gasteiger partial charge on any atom is -0.465 e. The molecule has 8 heteroatoms. The Kier molecular flexibility index (Phi) is 44.1. The van der Waals surface area contributed by atoms with Crippen LogP contribution in [0.5, 0.6) is 0 Å². The van der Waals surface area contributed by atoms with E-state index in [2.05, 4.69) is 44.4 Å². The van der Waals surface area contributed by atoms with E-state index in [9.17, 15) is 14.7 Å². The molecule has 2 atom stereocenters. The van der Waals surface area contributed by atoms with Crippen molar-refractivity contribution in [3.63, 3.8) is 0 Å². The zero-order valence-electron chi connectivity index (χ0n) is 38.8. The first kappa shape index (κ1) is 56.2. The molecule has 7 nitrogen and oxygen atoms in total. The summed E-state index contributed by atoms with van der Waals surface area (Å²) in [4.78, 5) is 30.1. The third-order valence-corrected chi connectivity index (χ3v) is 12.9. The molecule has 0 saturated heterocycles. The Labute approximate surface area is 359 Å². The normalized spacial score (nSPS) is 12.8. The molecule has 0 heterocycles. The number of likely N-dealkylation sites (N-methyl/N-ethyl adjacent to an activating group) is 1. The van der Waals surface area contributed by atoms with E-state index in [4.69, 9.17) is 9.47 Å². The number of esters is 2. The molecule has 1 N–H and O–H groups in total. The van der Waals surface area contributed by atoms with Crippen LogP contribution in [0.1, 0.15) is 221 Å². The van der Waals surface area contributed by atoms with Gasteiger partial charge in [0.15, 0.2) is 0 Å². The Morgan fingerprint density at radius 2 is 0.965 bits per heavy atom. The van der Waals surface area contributed by atoms with Crippen molar-refractivity contribution in [1.29, 1.82) is 0 Å². The molecule has 0 aliphatic carbocycles. The number of thioether (sulfide) groups is 1. The monoisotopic (exact) mass is 827 g/mol. The van der Waals surface area contributed by atoms with Crippen LogP contribution in [-0.4, -0.2) is 97.4 Å². The lowest BCUT2D eigenvalue weighted by atomic mass is 9.95. The Hall–Kier alpha value is -0.830. The number of nitrogens with zero attached hydrogens (tertiary/aromatic N) is 2. The van der Waals surface area contributed by atoms with E-state index < -0.39 is 0 Å². The van der Waals surface area contributed by atoms with Crippen LogP contribution < -0.4 is 0 Å². The van der Waals surface area contributed by atoms with Gasteiger partial charge >= 0.3 is 11.9 Å². The van der Waals surface area contributed by atoms with E-state index in [-0.39, 0.29) is 18.5 Å². The number of aliphatic hydroxyl groups excluding tert-OH is 1. The summed E-state index contributed by atoms with van der Waals surface area (Å²) in [5, 5.41) is 9.48. The van der Waals surface area contributed by atoms with E-state index in [1.54, 1.807) is 0 Å². The number of unbranched alkanes of at least 4 members (excludes halogenated alkanes) is 18. The molecule has 0 bridgehead atoms. The van der Waals surface area contributed by atoms with Crippen molar-refractivity contribution >= 4 is 23.7 Å². The first-order valence-electron chi connectivity index (χ1n) is 24.9. The smallest absolute Gasteiger partial charge is 0.307 e. The van der Waals surface area contributed by atoms with Gasteiger partial charge in [-0.1, -0.05) is 169 Å². The van der Waals surface area contributed by atoms with Crippen LogP contribution in [0.4, 0.5) is 0 Å². The number of carbonyl (C=O) groups excluding carboxylic acids is 2. The highest BCUT2D eigenvalue weighted by atomic mass is 32.2. The molecular weight excluding hydrogens is 729 g/mol. The van der Waals surface area contributed by atoms with Gasteiger partial charge in [-0.3, -0.25) is 9.59 Å². The van der Waals surface area contributed by atoms with Gasteiger partial charge in [0.1, 0.15) is 6.61 Å². The number of hydrogen-bond acceptors (Lipinski definition) is 8. The molecule has 0 amide bonds. The number of rotatable bonds is 46. The first-order valence-corrected chi connectivity index (χ1v) is 26.0. The van der Waals surface area contributed by atoms with Gasteiger partial charge in [-0.05, 0) is 69.2 Å². The van der Waals surface area contributed by atoms with Crippen molar-refractivity contribution < 1.29 is 24.2 Å². The quantitative estimate of drug-likeness (QED) is 0.0480. The highest BCUT2D eigenvalue weighted by Gasteiger charge is 2.15. The van der Waals surface area contributed by atoms with Gasteiger partial charge in [0.05, 0.1) is 19.6 Å². The standard InChI is InChI=1S/C49H98N2O5S/c1-6-11-15-19-21-26-31-46(30-24-17-13-8-3)44-56-48(53)34-28-23-29-36-51(39-38-50(10-5)40-41-52)37-35-49(54)55-42-43-57-45-47(32-25-18-14-9-4)33-27-22-20-16-12-7-2/h46-47,52H,6-45H2,1-5H3. The average Bonchev–Trinajstić information content (AvgIpc) is 3.21. The van der Waals surface area contributed by atoms with Gasteiger partial charge in [0, 0.05) is 38.4 Å². The van der Waals surface area contributed by atoms with Crippen LogP contribution in [0, 0.1) is 11.8 Å². The third-order valence-electron chi connectivity index (χ3n) is 11.8. The molecule has 340 valence electrons. The van der Waals surface area contributed by atoms with Crippen molar-refractivity contribution in [3.05, 3.63) is 0 Å². The summed E-state index contributed by atoms with van der Waals surface area (Å²) in [5.41, 5.74) is 0. The van der Waals surface area contributed by atoms with Gasteiger partial charge in [-0.2, -0.15) is 11.8 Å². The van der Waals surface area contributed by atoms with Crippen LogP contribution >= 0.6 is 11.8 Å². The first-order chi connectivity index (χ1) is 27.9. The third kappa shape index (κ3) is 39.1. The van der Waals surface area contributed by atoms with E-state index in [1.807, 2.05) is 11.8 Å². The summed E-state index contributed by atoms with van der Waals surface area (Å²) in [7, 11) is 0. The van der Waals surface area contributed by atoms with Gasteiger partial charge < -0.3 is 24.4 Å². The Morgan fingerprint density at radius 1 is 0.491 bits per heavy atom. The molecule has 2 unspecified atom stereocenters. The number of aliphatic hydroxyl groups is 1. The van der Waals surface area contributed by atoms with E-state index >= 15 is 0 Å². The summed E-state index contributed by atoms with van der Waals surface area (Å²) < 4.78 is 11.5. The fraction of sp³-hybridized carbons (Fsp3) is 0.959. The molecule has 0 aliphatic rings. The minimum atomic E-state index is -0.102. The topological polar surface area (TPSA) is 79.3 Å². The fourth-order valence-electron chi connectivity index (χ4n) is 7.81. The summed E-state index contributed by atoms with van der Waals surface area (Å²) in [6.45, 7) is 17.3. The molecule has 0 aromatic rings. The Bertz CT molecular complexity index is 849. The van der Waals surface area contributed by atoms with Crippen molar-refractivity contribution in [2.24, 2.45) is 11.8 Å². The highest BCUT2D eigenvalue weighted by Crippen LogP contribution is 2.23. The molecule has 0 rings (SSSR count). The van der Waals surface area contributed by atoms with E-state index in [0.29, 0.717) is 45.1 Å². The van der Waals surface area contributed by atoms with Crippen LogP contribution in [0.15, 0.2) is 0 Å². The molecular formula is C49H98N2O5S. The molecule has 0 aromatic heterocycles. The summed E-state index contributed by atoms with van der Waals surface area (Å²) in [6, 6.07) is 0. The van der Waals surface area contributed by atoms with Crippen LogP contribution in [0.25, 0.3) is 0 Å². The van der Waals surface area contributed by atoms with Crippen LogP contribution in [0.3, 0.4) is 0 Å². The lowest BCUT2D eigenvalue weighted by Crippen LogP contribution is -2.38. The molecule has 57 heavy (non-hydrogen) atoms. The van der Waals surface area contributed by atoms with Gasteiger partial charge in [-0.25, -0.2) is 0 Å². The lowest BCUT2D eigenvalue weighted by Gasteiger charge is -2.26. The summed E-state index contributed by atoms with van der Waals surface area (Å²) >= 11 is 1.97. The zero-order chi connectivity index (χ0) is 41.9. The van der Waals surface area contributed by atoms with Gasteiger partial charge in [0.2, 0.25) is 0 Å². The lowest BCUT2D eigenvalue weighted by molar-refractivity contribution is -0.145. The van der Waals surface area contributed by atoms with E-state index in [0.717, 1.165) is 57.1 Å².